The summed E-state index contributed by atoms with van der Waals surface area (Å²) in [5.41, 5.74) is 0. The normalized spacial score (nSPS) is 12.3. The molecule has 0 unspecified atom stereocenters. The molecule has 7 nitrogen and oxygen atoms in total. The van der Waals surface area contributed by atoms with Gasteiger partial charge in [-0.05, 0) is 49.4 Å². The zero-order chi connectivity index (χ0) is 19.9. The van der Waals surface area contributed by atoms with E-state index in [4.69, 9.17) is 14.2 Å². The summed E-state index contributed by atoms with van der Waals surface area (Å²) in [5, 5.41) is 0. The van der Waals surface area contributed by atoms with Gasteiger partial charge in [-0.15, -0.1) is 0 Å². The van der Waals surface area contributed by atoms with Crippen LogP contribution < -0.4 is 14.2 Å². The molecule has 1 N–H and O–H groups in total. The van der Waals surface area contributed by atoms with Crippen LogP contribution in [0.4, 0.5) is 0 Å². The van der Waals surface area contributed by atoms with E-state index >= 15 is 0 Å². The fourth-order valence-corrected chi connectivity index (χ4v) is 3.66. The van der Waals surface area contributed by atoms with Gasteiger partial charge in [0.2, 0.25) is 10.0 Å². The Bertz CT molecular complexity index is 870. The molecular weight excluding hydrogens is 438 g/mol. The minimum Gasteiger partial charge on any atom is -0.497 e. The van der Waals surface area contributed by atoms with E-state index in [0.29, 0.717) is 11.5 Å². The van der Waals surface area contributed by atoms with Gasteiger partial charge in [-0.3, -0.25) is 4.79 Å². The molecule has 1 atom stereocenters. The Balaban J connectivity index is 1.81. The first-order valence-corrected chi connectivity index (χ1v) is 10.3. The molecule has 0 heterocycles. The molecule has 9 heteroatoms. The van der Waals surface area contributed by atoms with Gasteiger partial charge in [-0.25, -0.2) is 8.42 Å². The van der Waals surface area contributed by atoms with E-state index in [1.165, 1.54) is 38.3 Å². The Labute approximate surface area is 166 Å². The van der Waals surface area contributed by atoms with Gasteiger partial charge in [0, 0.05) is 4.47 Å². The first kappa shape index (κ1) is 21.2. The number of benzene rings is 2. The Morgan fingerprint density at radius 1 is 1.11 bits per heavy atom. The highest BCUT2D eigenvalue weighted by atomic mass is 79.9. The number of methoxy groups -OCH3 is 1. The SMILES string of the molecule is COc1ccc(S(=O)(=O)N[C@@H](C)C(=O)OCCOc2cccc(Br)c2)cc1. The van der Waals surface area contributed by atoms with E-state index in [-0.39, 0.29) is 18.1 Å². The van der Waals surface area contributed by atoms with Gasteiger partial charge in [0.15, 0.2) is 0 Å². The summed E-state index contributed by atoms with van der Waals surface area (Å²) in [4.78, 5) is 12.0. The maximum absolute atomic E-state index is 12.3. The van der Waals surface area contributed by atoms with Gasteiger partial charge in [-0.1, -0.05) is 22.0 Å². The third-order valence-electron chi connectivity index (χ3n) is 3.45. The minimum atomic E-state index is -3.85. The molecule has 0 radical (unpaired) electrons. The quantitative estimate of drug-likeness (QED) is 0.459. The van der Waals surface area contributed by atoms with Crippen LogP contribution in [0.25, 0.3) is 0 Å². The van der Waals surface area contributed by atoms with Crippen LogP contribution in [0.2, 0.25) is 0 Å². The Hall–Kier alpha value is -2.10. The van der Waals surface area contributed by atoms with Gasteiger partial charge < -0.3 is 14.2 Å². The molecule has 146 valence electrons. The topological polar surface area (TPSA) is 90.9 Å². The molecule has 0 saturated carbocycles. The highest BCUT2D eigenvalue weighted by Gasteiger charge is 2.23. The van der Waals surface area contributed by atoms with Crippen LogP contribution in [0.15, 0.2) is 57.9 Å². The number of carbonyl (C=O) groups is 1. The Morgan fingerprint density at radius 2 is 1.81 bits per heavy atom. The molecule has 0 aromatic heterocycles. The van der Waals surface area contributed by atoms with Crippen molar-refractivity contribution in [3.63, 3.8) is 0 Å². The molecule has 0 aliphatic carbocycles. The van der Waals surface area contributed by atoms with Gasteiger partial charge in [0.25, 0.3) is 0 Å². The summed E-state index contributed by atoms with van der Waals surface area (Å²) in [6, 6.07) is 12.0. The fraction of sp³-hybridized carbons (Fsp3) is 0.278. The lowest BCUT2D eigenvalue weighted by atomic mass is 10.3. The number of carbonyl (C=O) groups excluding carboxylic acids is 1. The molecule has 2 aromatic carbocycles. The predicted molar refractivity (Wildman–Crippen MR) is 103 cm³/mol. The maximum atomic E-state index is 12.3. The van der Waals surface area contributed by atoms with E-state index < -0.39 is 22.0 Å². The van der Waals surface area contributed by atoms with Crippen LogP contribution >= 0.6 is 15.9 Å². The molecular formula is C18H20BrNO6S. The van der Waals surface area contributed by atoms with Crippen molar-refractivity contribution in [2.24, 2.45) is 0 Å². The molecule has 0 fully saturated rings. The monoisotopic (exact) mass is 457 g/mol. The average molecular weight is 458 g/mol. The zero-order valence-corrected chi connectivity index (χ0v) is 17.2. The first-order valence-electron chi connectivity index (χ1n) is 8.03. The Morgan fingerprint density at radius 3 is 2.44 bits per heavy atom. The second-order valence-corrected chi connectivity index (χ2v) is 8.12. The second-order valence-electron chi connectivity index (χ2n) is 5.49. The molecule has 0 aliphatic heterocycles. The molecule has 0 aliphatic rings. The van der Waals surface area contributed by atoms with Crippen molar-refractivity contribution in [3.05, 3.63) is 53.0 Å². The molecule has 0 saturated heterocycles. The summed E-state index contributed by atoms with van der Waals surface area (Å²) in [7, 11) is -2.36. The summed E-state index contributed by atoms with van der Waals surface area (Å²) in [6.45, 7) is 1.57. The van der Waals surface area contributed by atoms with Gasteiger partial charge >= 0.3 is 5.97 Å². The maximum Gasteiger partial charge on any atom is 0.324 e. The molecule has 2 rings (SSSR count). The number of rotatable bonds is 9. The van der Waals surface area contributed by atoms with Crippen LogP contribution in [0, 0.1) is 0 Å². The smallest absolute Gasteiger partial charge is 0.324 e. The summed E-state index contributed by atoms with van der Waals surface area (Å²) in [6.07, 6.45) is 0. The van der Waals surface area contributed by atoms with E-state index in [1.807, 2.05) is 12.1 Å². The van der Waals surface area contributed by atoms with Gasteiger partial charge in [0.1, 0.15) is 30.8 Å². The van der Waals surface area contributed by atoms with Crippen LogP contribution in [0.3, 0.4) is 0 Å². The standard InChI is InChI=1S/C18H20BrNO6S/c1-13(20-27(22,23)17-8-6-15(24-2)7-9-17)18(21)26-11-10-25-16-5-3-4-14(19)12-16/h3-9,12-13,20H,10-11H2,1-2H3/t13-/m0/s1. The average Bonchev–Trinajstić information content (AvgIpc) is 2.64. The molecule has 0 spiro atoms. The van der Waals surface area contributed by atoms with E-state index in [1.54, 1.807) is 12.1 Å². The lowest BCUT2D eigenvalue weighted by Gasteiger charge is -2.14. The summed E-state index contributed by atoms with van der Waals surface area (Å²) < 4.78 is 43.3. The number of esters is 1. The number of nitrogens with one attached hydrogen (secondary N) is 1. The molecule has 0 bridgehead atoms. The van der Waals surface area contributed by atoms with E-state index in [0.717, 1.165) is 4.47 Å². The molecule has 2 aromatic rings. The van der Waals surface area contributed by atoms with Gasteiger partial charge in [0.05, 0.1) is 12.0 Å². The first-order chi connectivity index (χ1) is 12.8. The highest BCUT2D eigenvalue weighted by molar-refractivity contribution is 9.10. The van der Waals surface area contributed by atoms with Crippen LogP contribution in [-0.4, -0.2) is 40.8 Å². The highest BCUT2D eigenvalue weighted by Crippen LogP contribution is 2.18. The number of ether oxygens (including phenoxy) is 3. The second kappa shape index (κ2) is 9.72. The van der Waals surface area contributed by atoms with Crippen molar-refractivity contribution < 1.29 is 27.4 Å². The zero-order valence-electron chi connectivity index (χ0n) is 14.8. The van der Waals surface area contributed by atoms with Gasteiger partial charge in [-0.2, -0.15) is 4.72 Å². The van der Waals surface area contributed by atoms with Crippen molar-refractivity contribution in [2.45, 2.75) is 17.9 Å². The van der Waals surface area contributed by atoms with Crippen molar-refractivity contribution >= 4 is 31.9 Å². The lowest BCUT2D eigenvalue weighted by Crippen LogP contribution is -2.39. The van der Waals surface area contributed by atoms with E-state index in [9.17, 15) is 13.2 Å². The summed E-state index contributed by atoms with van der Waals surface area (Å²) >= 11 is 3.33. The lowest BCUT2D eigenvalue weighted by molar-refractivity contribution is -0.145. The minimum absolute atomic E-state index is 0.0000495. The summed E-state index contributed by atoms with van der Waals surface area (Å²) in [5.74, 6) is 0.477. The van der Waals surface area contributed by atoms with Crippen molar-refractivity contribution in [1.29, 1.82) is 0 Å². The Kier molecular flexibility index (Phi) is 7.64. The molecule has 27 heavy (non-hydrogen) atoms. The molecule has 0 amide bonds. The number of sulfonamides is 1. The van der Waals surface area contributed by atoms with Crippen molar-refractivity contribution in [2.75, 3.05) is 20.3 Å². The third kappa shape index (κ3) is 6.53. The van der Waals surface area contributed by atoms with Crippen LogP contribution in [0.1, 0.15) is 6.92 Å². The number of halogens is 1. The number of hydrogen-bond acceptors (Lipinski definition) is 6. The fourth-order valence-electron chi connectivity index (χ4n) is 2.09. The van der Waals surface area contributed by atoms with Crippen LogP contribution in [-0.2, 0) is 19.6 Å². The largest absolute Gasteiger partial charge is 0.497 e. The predicted octanol–water partition coefficient (Wildman–Crippen LogP) is 2.75. The van der Waals surface area contributed by atoms with Crippen molar-refractivity contribution in [1.82, 2.24) is 4.72 Å². The number of hydrogen-bond donors (Lipinski definition) is 1. The van der Waals surface area contributed by atoms with Crippen LogP contribution in [0.5, 0.6) is 11.5 Å². The van der Waals surface area contributed by atoms with E-state index in [2.05, 4.69) is 20.7 Å². The third-order valence-corrected chi connectivity index (χ3v) is 5.50. The van der Waals surface area contributed by atoms with Crippen molar-refractivity contribution in [3.8, 4) is 11.5 Å².